The monoisotopic (exact) mass is 164 g/mol. The van der Waals surface area contributed by atoms with Crippen molar-refractivity contribution in [1.29, 1.82) is 0 Å². The molecule has 0 saturated heterocycles. The first kappa shape index (κ1) is 11.5. The summed E-state index contributed by atoms with van der Waals surface area (Å²) < 4.78 is 0. The molecule has 0 aromatic rings. The molecule has 0 aromatic carbocycles. The quantitative estimate of drug-likeness (QED) is 0.411. The normalized spacial score (nSPS) is 10.6. The van der Waals surface area contributed by atoms with E-state index in [4.69, 9.17) is 0 Å². The van der Waals surface area contributed by atoms with Gasteiger partial charge in [0, 0.05) is 0 Å². The Labute approximate surface area is 77.8 Å². The van der Waals surface area contributed by atoms with Gasteiger partial charge in [-0.25, -0.2) is 0 Å². The Morgan fingerprint density at radius 2 is 1.75 bits per heavy atom. The summed E-state index contributed by atoms with van der Waals surface area (Å²) in [5.74, 6) is 2.31. The third kappa shape index (κ3) is 6.27. The van der Waals surface area contributed by atoms with Crippen LogP contribution >= 0.6 is 0 Å². The summed E-state index contributed by atoms with van der Waals surface area (Å²) in [6, 6.07) is 0. The summed E-state index contributed by atoms with van der Waals surface area (Å²) in [5.41, 5.74) is 1.16. The zero-order valence-electron chi connectivity index (χ0n) is 8.77. The highest BCUT2D eigenvalue weighted by Crippen LogP contribution is 2.08. The van der Waals surface area contributed by atoms with Crippen molar-refractivity contribution >= 4 is 6.71 Å². The highest BCUT2D eigenvalue weighted by atomic mass is 13.8. The van der Waals surface area contributed by atoms with E-state index in [1.54, 1.807) is 0 Å². The van der Waals surface area contributed by atoms with E-state index in [0.29, 0.717) is 0 Å². The number of hydrogen-bond acceptors (Lipinski definition) is 0. The van der Waals surface area contributed by atoms with E-state index in [1.165, 1.54) is 25.5 Å². The van der Waals surface area contributed by atoms with Crippen LogP contribution in [0.2, 0.25) is 12.6 Å². The van der Waals surface area contributed by atoms with Crippen molar-refractivity contribution in [3.05, 3.63) is 24.2 Å². The lowest BCUT2D eigenvalue weighted by Crippen LogP contribution is -2.07. The molecular formula is C11H21B. The standard InChI is InChI=1S/C11H21B/c1-5-8-12(9-6-2)10-7-11(3)4/h7,10H,3,5-6,8-9H2,1-2,4H3. The lowest BCUT2D eigenvalue weighted by molar-refractivity contribution is 1.01. The zero-order chi connectivity index (χ0) is 9.40. The average molecular weight is 164 g/mol. The highest BCUT2D eigenvalue weighted by molar-refractivity contribution is 6.64. The molecule has 0 fully saturated rings. The second-order valence-corrected chi connectivity index (χ2v) is 3.54. The maximum Gasteiger partial charge on any atom is 0.166 e. The third-order valence-electron chi connectivity index (χ3n) is 1.97. The Morgan fingerprint density at radius 3 is 2.08 bits per heavy atom. The van der Waals surface area contributed by atoms with Crippen LogP contribution < -0.4 is 0 Å². The SMILES string of the molecule is C=C(C)C=CB(CCC)CCC. The third-order valence-corrected chi connectivity index (χ3v) is 1.97. The van der Waals surface area contributed by atoms with Gasteiger partial charge in [0.15, 0.2) is 6.71 Å². The molecule has 0 bridgehead atoms. The maximum atomic E-state index is 3.86. The van der Waals surface area contributed by atoms with E-state index in [9.17, 15) is 0 Å². The molecule has 0 heterocycles. The Hall–Kier alpha value is -0.455. The average Bonchev–Trinajstić information content (AvgIpc) is 2.01. The van der Waals surface area contributed by atoms with Crippen molar-refractivity contribution in [3.63, 3.8) is 0 Å². The second-order valence-electron chi connectivity index (χ2n) is 3.54. The number of rotatable bonds is 6. The van der Waals surface area contributed by atoms with Crippen LogP contribution in [0.1, 0.15) is 33.6 Å². The van der Waals surface area contributed by atoms with Gasteiger partial charge in [-0.15, -0.1) is 5.98 Å². The van der Waals surface area contributed by atoms with E-state index in [0.717, 1.165) is 12.3 Å². The molecule has 0 amide bonds. The topological polar surface area (TPSA) is 0 Å². The highest BCUT2D eigenvalue weighted by Gasteiger charge is 2.05. The molecule has 0 saturated carbocycles. The van der Waals surface area contributed by atoms with Gasteiger partial charge < -0.3 is 0 Å². The van der Waals surface area contributed by atoms with Crippen molar-refractivity contribution in [2.24, 2.45) is 0 Å². The summed E-state index contributed by atoms with van der Waals surface area (Å²) >= 11 is 0. The van der Waals surface area contributed by atoms with Crippen molar-refractivity contribution in [1.82, 2.24) is 0 Å². The molecule has 0 nitrogen and oxygen atoms in total. The van der Waals surface area contributed by atoms with Crippen LogP contribution in [-0.2, 0) is 0 Å². The molecule has 0 unspecified atom stereocenters. The molecule has 0 aliphatic rings. The molecule has 0 rings (SSSR count). The largest absolute Gasteiger partial charge is 0.166 e. The fourth-order valence-corrected chi connectivity index (χ4v) is 1.38. The van der Waals surface area contributed by atoms with E-state index in [1.807, 2.05) is 6.92 Å². The van der Waals surface area contributed by atoms with Crippen LogP contribution in [0.15, 0.2) is 24.2 Å². The fourth-order valence-electron chi connectivity index (χ4n) is 1.38. The van der Waals surface area contributed by atoms with E-state index in [-0.39, 0.29) is 0 Å². The van der Waals surface area contributed by atoms with Crippen LogP contribution in [0, 0.1) is 0 Å². The minimum atomic E-state index is 0.775. The van der Waals surface area contributed by atoms with Crippen LogP contribution in [0.5, 0.6) is 0 Å². The zero-order valence-corrected chi connectivity index (χ0v) is 8.77. The Kier molecular flexibility index (Phi) is 6.93. The molecule has 0 aliphatic heterocycles. The lowest BCUT2D eigenvalue weighted by atomic mass is 9.44. The molecule has 0 aliphatic carbocycles. The van der Waals surface area contributed by atoms with Crippen molar-refractivity contribution in [3.8, 4) is 0 Å². The first-order valence-electron chi connectivity index (χ1n) is 5.04. The fraction of sp³-hybridized carbons (Fsp3) is 0.636. The number of allylic oxidation sites excluding steroid dienone is 2. The van der Waals surface area contributed by atoms with E-state index >= 15 is 0 Å². The van der Waals surface area contributed by atoms with Gasteiger partial charge in [0.1, 0.15) is 0 Å². The van der Waals surface area contributed by atoms with Gasteiger partial charge in [-0.2, -0.15) is 0 Å². The minimum absolute atomic E-state index is 0.775. The predicted molar refractivity (Wildman–Crippen MR) is 59.9 cm³/mol. The van der Waals surface area contributed by atoms with Crippen molar-refractivity contribution in [2.45, 2.75) is 46.3 Å². The van der Waals surface area contributed by atoms with Gasteiger partial charge >= 0.3 is 0 Å². The smallest absolute Gasteiger partial charge is 0.115 e. The maximum absolute atomic E-state index is 3.86. The van der Waals surface area contributed by atoms with Gasteiger partial charge in [-0.1, -0.05) is 57.6 Å². The van der Waals surface area contributed by atoms with Crippen LogP contribution in [-0.4, -0.2) is 6.71 Å². The molecule has 0 aromatic heterocycles. The first-order valence-corrected chi connectivity index (χ1v) is 5.04. The molecule has 0 spiro atoms. The summed E-state index contributed by atoms with van der Waals surface area (Å²) in [4.78, 5) is 0. The molecule has 0 radical (unpaired) electrons. The minimum Gasteiger partial charge on any atom is -0.115 e. The Balaban J connectivity index is 3.84. The molecule has 68 valence electrons. The van der Waals surface area contributed by atoms with Gasteiger partial charge in [-0.05, 0) is 6.92 Å². The van der Waals surface area contributed by atoms with Gasteiger partial charge in [0.2, 0.25) is 0 Å². The molecule has 0 atom stereocenters. The summed E-state index contributed by atoms with van der Waals surface area (Å²) in [6.45, 7) is 11.2. The number of hydrogen-bond donors (Lipinski definition) is 0. The van der Waals surface area contributed by atoms with Gasteiger partial charge in [0.05, 0.1) is 0 Å². The molecule has 1 heteroatoms. The molecule has 12 heavy (non-hydrogen) atoms. The Bertz CT molecular complexity index is 141. The summed E-state index contributed by atoms with van der Waals surface area (Å²) in [7, 11) is 0. The van der Waals surface area contributed by atoms with Gasteiger partial charge in [-0.3, -0.25) is 0 Å². The molecule has 0 N–H and O–H groups in total. The Morgan fingerprint density at radius 1 is 1.25 bits per heavy atom. The van der Waals surface area contributed by atoms with Crippen LogP contribution in [0.4, 0.5) is 0 Å². The van der Waals surface area contributed by atoms with Crippen LogP contribution in [0.25, 0.3) is 0 Å². The second kappa shape index (κ2) is 7.21. The predicted octanol–water partition coefficient (Wildman–Crippen LogP) is 3.97. The van der Waals surface area contributed by atoms with E-state index in [2.05, 4.69) is 32.5 Å². The van der Waals surface area contributed by atoms with E-state index < -0.39 is 0 Å². The lowest BCUT2D eigenvalue weighted by Gasteiger charge is -2.04. The van der Waals surface area contributed by atoms with Crippen molar-refractivity contribution < 1.29 is 0 Å². The first-order chi connectivity index (χ1) is 5.70. The van der Waals surface area contributed by atoms with Gasteiger partial charge in [0.25, 0.3) is 0 Å². The molecular weight excluding hydrogens is 143 g/mol. The van der Waals surface area contributed by atoms with Crippen molar-refractivity contribution in [2.75, 3.05) is 0 Å². The summed E-state index contributed by atoms with van der Waals surface area (Å²) in [5, 5.41) is 0. The van der Waals surface area contributed by atoms with Crippen LogP contribution in [0.3, 0.4) is 0 Å². The summed E-state index contributed by atoms with van der Waals surface area (Å²) in [6.07, 6.45) is 7.35.